The molecule has 56 valence electrons. The molecule has 0 bridgehead atoms. The summed E-state index contributed by atoms with van der Waals surface area (Å²) in [5.74, 6) is -0.408. The van der Waals surface area contributed by atoms with Gasteiger partial charge in [0.05, 0.1) is 5.92 Å². The van der Waals surface area contributed by atoms with Gasteiger partial charge >= 0.3 is 0 Å². The Kier molecular flexibility index (Phi) is 2.45. The molecule has 3 nitrogen and oxygen atoms in total. The van der Waals surface area contributed by atoms with Crippen molar-refractivity contribution in [1.82, 2.24) is 5.48 Å². The normalized spacial score (nSPS) is 24.3. The highest BCUT2D eigenvalue weighted by Crippen LogP contribution is 2.16. The first-order valence-electron chi connectivity index (χ1n) is 3.45. The molecule has 0 fully saturated rings. The maximum absolute atomic E-state index is 10.8. The van der Waals surface area contributed by atoms with E-state index in [1.54, 1.807) is 5.48 Å². The second-order valence-electron chi connectivity index (χ2n) is 2.44. The van der Waals surface area contributed by atoms with Gasteiger partial charge in [0.2, 0.25) is 5.91 Å². The zero-order valence-corrected chi connectivity index (χ0v) is 5.71. The zero-order chi connectivity index (χ0) is 7.40. The summed E-state index contributed by atoms with van der Waals surface area (Å²) in [4.78, 5) is 10.8. The first-order chi connectivity index (χ1) is 4.84. The highest BCUT2D eigenvalue weighted by molar-refractivity contribution is 5.79. The van der Waals surface area contributed by atoms with E-state index in [1.165, 1.54) is 0 Å². The molecule has 10 heavy (non-hydrogen) atoms. The molecule has 1 amide bonds. The third-order valence-corrected chi connectivity index (χ3v) is 1.70. The summed E-state index contributed by atoms with van der Waals surface area (Å²) in [6.45, 7) is 0. The van der Waals surface area contributed by atoms with Crippen molar-refractivity contribution < 1.29 is 10.0 Å². The summed E-state index contributed by atoms with van der Waals surface area (Å²) >= 11 is 0. The van der Waals surface area contributed by atoms with Crippen LogP contribution in [-0.2, 0) is 4.79 Å². The Morgan fingerprint density at radius 3 is 3.00 bits per heavy atom. The zero-order valence-electron chi connectivity index (χ0n) is 5.71. The van der Waals surface area contributed by atoms with Crippen LogP contribution in [0.15, 0.2) is 12.2 Å². The third-order valence-electron chi connectivity index (χ3n) is 1.70. The molecule has 1 aliphatic carbocycles. The Morgan fingerprint density at radius 1 is 1.70 bits per heavy atom. The summed E-state index contributed by atoms with van der Waals surface area (Å²) in [6, 6.07) is 0. The molecule has 1 aliphatic rings. The summed E-state index contributed by atoms with van der Waals surface area (Å²) < 4.78 is 0. The summed E-state index contributed by atoms with van der Waals surface area (Å²) in [6.07, 6.45) is 6.76. The summed E-state index contributed by atoms with van der Waals surface area (Å²) in [5, 5.41) is 8.25. The van der Waals surface area contributed by atoms with Crippen molar-refractivity contribution >= 4 is 5.91 Å². The molecule has 0 radical (unpaired) electrons. The van der Waals surface area contributed by atoms with Crippen LogP contribution < -0.4 is 5.48 Å². The van der Waals surface area contributed by atoms with Crippen LogP contribution in [0.4, 0.5) is 0 Å². The van der Waals surface area contributed by atoms with E-state index >= 15 is 0 Å². The average molecular weight is 141 g/mol. The number of carbonyl (C=O) groups is 1. The standard InChI is InChI=1S/C7H11NO2/c9-7(8-10)6-4-2-1-3-5-6/h2,4,6,10H,1,3,5H2,(H,8,9). The number of nitrogens with one attached hydrogen (secondary N) is 1. The highest BCUT2D eigenvalue weighted by Gasteiger charge is 2.15. The molecular weight excluding hydrogens is 130 g/mol. The lowest BCUT2D eigenvalue weighted by Crippen LogP contribution is -2.27. The molecule has 0 spiro atoms. The van der Waals surface area contributed by atoms with Crippen molar-refractivity contribution in [2.24, 2.45) is 5.92 Å². The molecule has 3 heteroatoms. The molecule has 1 atom stereocenters. The molecule has 1 rings (SSSR count). The maximum Gasteiger partial charge on any atom is 0.250 e. The number of amides is 1. The molecule has 0 aromatic carbocycles. The van der Waals surface area contributed by atoms with Gasteiger partial charge in [0, 0.05) is 0 Å². The Morgan fingerprint density at radius 2 is 2.50 bits per heavy atom. The van der Waals surface area contributed by atoms with Crippen molar-refractivity contribution in [3.05, 3.63) is 12.2 Å². The third kappa shape index (κ3) is 1.57. The fraction of sp³-hybridized carbons (Fsp3) is 0.571. The molecular formula is C7H11NO2. The van der Waals surface area contributed by atoms with Gasteiger partial charge in [-0.2, -0.15) is 0 Å². The van der Waals surface area contributed by atoms with Gasteiger partial charge in [0.15, 0.2) is 0 Å². The quantitative estimate of drug-likeness (QED) is 0.323. The minimum atomic E-state index is -0.295. The van der Waals surface area contributed by atoms with Crippen molar-refractivity contribution in [2.75, 3.05) is 0 Å². The Labute approximate surface area is 59.7 Å². The topological polar surface area (TPSA) is 49.3 Å². The van der Waals surface area contributed by atoms with Crippen molar-refractivity contribution in [3.63, 3.8) is 0 Å². The number of hydroxylamine groups is 1. The van der Waals surface area contributed by atoms with Crippen LogP contribution in [0.1, 0.15) is 19.3 Å². The van der Waals surface area contributed by atoms with Crippen LogP contribution in [0.2, 0.25) is 0 Å². The lowest BCUT2D eigenvalue weighted by atomic mass is 9.96. The van der Waals surface area contributed by atoms with E-state index < -0.39 is 0 Å². The van der Waals surface area contributed by atoms with Crippen LogP contribution in [0.3, 0.4) is 0 Å². The lowest BCUT2D eigenvalue weighted by molar-refractivity contribution is -0.132. The Balaban J connectivity index is 2.46. The number of carbonyl (C=O) groups excluding carboxylic acids is 1. The molecule has 0 saturated heterocycles. The van der Waals surface area contributed by atoms with E-state index in [2.05, 4.69) is 0 Å². The van der Waals surface area contributed by atoms with Gasteiger partial charge < -0.3 is 0 Å². The second-order valence-corrected chi connectivity index (χ2v) is 2.44. The first-order valence-corrected chi connectivity index (χ1v) is 3.45. The maximum atomic E-state index is 10.8. The molecule has 1 unspecified atom stereocenters. The molecule has 2 N–H and O–H groups in total. The van der Waals surface area contributed by atoms with Crippen LogP contribution in [0, 0.1) is 5.92 Å². The van der Waals surface area contributed by atoms with Gasteiger partial charge in [-0.05, 0) is 19.3 Å². The summed E-state index contributed by atoms with van der Waals surface area (Å²) in [7, 11) is 0. The van der Waals surface area contributed by atoms with Gasteiger partial charge in [0.25, 0.3) is 0 Å². The Hall–Kier alpha value is -0.830. The van der Waals surface area contributed by atoms with Crippen molar-refractivity contribution in [3.8, 4) is 0 Å². The van der Waals surface area contributed by atoms with E-state index in [4.69, 9.17) is 5.21 Å². The smallest absolute Gasteiger partial charge is 0.250 e. The van der Waals surface area contributed by atoms with Gasteiger partial charge in [-0.15, -0.1) is 0 Å². The predicted molar refractivity (Wildman–Crippen MR) is 36.4 cm³/mol. The number of hydrogen-bond donors (Lipinski definition) is 2. The van der Waals surface area contributed by atoms with Gasteiger partial charge in [-0.1, -0.05) is 12.2 Å². The minimum Gasteiger partial charge on any atom is -0.289 e. The van der Waals surface area contributed by atoms with Gasteiger partial charge in [0.1, 0.15) is 0 Å². The molecule has 0 aliphatic heterocycles. The monoisotopic (exact) mass is 141 g/mol. The van der Waals surface area contributed by atoms with Crippen LogP contribution >= 0.6 is 0 Å². The SMILES string of the molecule is O=C(NO)C1C=CCCC1. The van der Waals surface area contributed by atoms with E-state index in [1.807, 2.05) is 12.2 Å². The number of allylic oxidation sites excluding steroid dienone is 1. The second kappa shape index (κ2) is 3.37. The predicted octanol–water partition coefficient (Wildman–Crippen LogP) is 0.848. The largest absolute Gasteiger partial charge is 0.289 e. The van der Waals surface area contributed by atoms with Crippen LogP contribution in [0.5, 0.6) is 0 Å². The van der Waals surface area contributed by atoms with Crippen LogP contribution in [0.25, 0.3) is 0 Å². The van der Waals surface area contributed by atoms with Crippen molar-refractivity contribution in [2.45, 2.75) is 19.3 Å². The van der Waals surface area contributed by atoms with E-state index in [9.17, 15) is 4.79 Å². The van der Waals surface area contributed by atoms with E-state index in [0.29, 0.717) is 0 Å². The fourth-order valence-corrected chi connectivity index (χ4v) is 1.11. The summed E-state index contributed by atoms with van der Waals surface area (Å²) in [5.41, 5.74) is 1.64. The van der Waals surface area contributed by atoms with E-state index in [0.717, 1.165) is 19.3 Å². The number of rotatable bonds is 1. The van der Waals surface area contributed by atoms with Gasteiger partial charge in [-0.3, -0.25) is 10.0 Å². The van der Waals surface area contributed by atoms with Crippen LogP contribution in [-0.4, -0.2) is 11.1 Å². The highest BCUT2D eigenvalue weighted by atomic mass is 16.5. The fourth-order valence-electron chi connectivity index (χ4n) is 1.11. The Bertz CT molecular complexity index is 154. The first kappa shape index (κ1) is 7.28. The minimum absolute atomic E-state index is 0.112. The van der Waals surface area contributed by atoms with Gasteiger partial charge in [-0.25, -0.2) is 5.48 Å². The number of hydrogen-bond acceptors (Lipinski definition) is 2. The molecule has 0 saturated carbocycles. The molecule has 0 heterocycles. The van der Waals surface area contributed by atoms with E-state index in [-0.39, 0.29) is 11.8 Å². The van der Waals surface area contributed by atoms with Crippen molar-refractivity contribution in [1.29, 1.82) is 0 Å². The molecule has 0 aromatic rings. The average Bonchev–Trinajstić information content (AvgIpc) is 2.05. The molecule has 0 aromatic heterocycles. The lowest BCUT2D eigenvalue weighted by Gasteiger charge is -2.12.